The van der Waals surface area contributed by atoms with Crippen molar-refractivity contribution in [3.05, 3.63) is 47.8 Å². The topological polar surface area (TPSA) is 120 Å². The largest absolute Gasteiger partial charge is 0.476 e. The molecule has 1 atom stereocenters. The lowest BCUT2D eigenvalue weighted by Gasteiger charge is -2.11. The fourth-order valence-corrected chi connectivity index (χ4v) is 2.68. The van der Waals surface area contributed by atoms with Crippen molar-refractivity contribution in [2.45, 2.75) is 39.9 Å². The van der Waals surface area contributed by atoms with E-state index in [1.165, 1.54) is 16.9 Å². The van der Waals surface area contributed by atoms with Gasteiger partial charge in [0.25, 0.3) is 0 Å². The van der Waals surface area contributed by atoms with Gasteiger partial charge in [-0.1, -0.05) is 0 Å². The third kappa shape index (κ3) is 3.89. The monoisotopic (exact) mass is 371 g/mol. The first-order valence-electron chi connectivity index (χ1n) is 8.52. The Morgan fingerprint density at radius 3 is 2.70 bits per heavy atom. The van der Waals surface area contributed by atoms with E-state index in [-0.39, 0.29) is 11.6 Å². The van der Waals surface area contributed by atoms with E-state index in [0.717, 1.165) is 17.8 Å². The SMILES string of the molecule is CCn1ncc(Cn2cc(NC(=O)C(C)n3ccc(C(=O)O)n3)cn2)c1C. The quantitative estimate of drug-likeness (QED) is 0.650. The van der Waals surface area contributed by atoms with Gasteiger partial charge in [-0.25, -0.2) is 4.79 Å². The fraction of sp³-hybridized carbons (Fsp3) is 0.353. The van der Waals surface area contributed by atoms with Crippen molar-refractivity contribution in [1.82, 2.24) is 29.3 Å². The van der Waals surface area contributed by atoms with Crippen molar-refractivity contribution in [3.8, 4) is 0 Å². The van der Waals surface area contributed by atoms with E-state index in [4.69, 9.17) is 5.11 Å². The van der Waals surface area contributed by atoms with Crippen LogP contribution in [0.5, 0.6) is 0 Å². The van der Waals surface area contributed by atoms with Crippen molar-refractivity contribution >= 4 is 17.6 Å². The molecule has 0 aromatic carbocycles. The summed E-state index contributed by atoms with van der Waals surface area (Å²) in [5.41, 5.74) is 2.59. The van der Waals surface area contributed by atoms with Crippen LogP contribution in [0, 0.1) is 6.92 Å². The van der Waals surface area contributed by atoms with Crippen LogP contribution in [-0.4, -0.2) is 46.3 Å². The molecule has 0 aliphatic heterocycles. The van der Waals surface area contributed by atoms with E-state index < -0.39 is 12.0 Å². The van der Waals surface area contributed by atoms with Gasteiger partial charge in [0.1, 0.15) is 6.04 Å². The average molecular weight is 371 g/mol. The normalized spacial score (nSPS) is 12.1. The van der Waals surface area contributed by atoms with Crippen molar-refractivity contribution in [1.29, 1.82) is 0 Å². The highest BCUT2D eigenvalue weighted by Crippen LogP contribution is 2.14. The van der Waals surface area contributed by atoms with E-state index in [1.807, 2.05) is 24.7 Å². The van der Waals surface area contributed by atoms with Gasteiger partial charge in [-0.2, -0.15) is 15.3 Å². The molecule has 27 heavy (non-hydrogen) atoms. The molecule has 0 aliphatic rings. The molecule has 0 saturated carbocycles. The lowest BCUT2D eigenvalue weighted by atomic mass is 10.2. The molecular weight excluding hydrogens is 350 g/mol. The van der Waals surface area contributed by atoms with E-state index in [1.54, 1.807) is 24.0 Å². The molecule has 142 valence electrons. The maximum atomic E-state index is 12.4. The minimum Gasteiger partial charge on any atom is -0.476 e. The van der Waals surface area contributed by atoms with Crippen molar-refractivity contribution in [2.24, 2.45) is 0 Å². The van der Waals surface area contributed by atoms with Crippen LogP contribution < -0.4 is 5.32 Å². The Balaban J connectivity index is 1.64. The number of amides is 1. The average Bonchev–Trinajstić information content (AvgIpc) is 3.36. The Kier molecular flexibility index (Phi) is 5.06. The predicted molar refractivity (Wildman–Crippen MR) is 96.5 cm³/mol. The second-order valence-corrected chi connectivity index (χ2v) is 6.15. The van der Waals surface area contributed by atoms with E-state index >= 15 is 0 Å². The van der Waals surface area contributed by atoms with Gasteiger partial charge in [-0.3, -0.25) is 18.8 Å². The molecule has 0 radical (unpaired) electrons. The number of hydrogen-bond acceptors (Lipinski definition) is 5. The Hall–Kier alpha value is -3.43. The summed E-state index contributed by atoms with van der Waals surface area (Å²) in [4.78, 5) is 23.3. The van der Waals surface area contributed by atoms with E-state index in [2.05, 4.69) is 20.6 Å². The van der Waals surface area contributed by atoms with Crippen LogP contribution in [0.15, 0.2) is 30.9 Å². The van der Waals surface area contributed by atoms with Gasteiger partial charge >= 0.3 is 5.97 Å². The van der Waals surface area contributed by atoms with Gasteiger partial charge < -0.3 is 10.4 Å². The van der Waals surface area contributed by atoms with Gasteiger partial charge in [-0.05, 0) is 26.8 Å². The predicted octanol–water partition coefficient (Wildman–Crippen LogP) is 1.55. The van der Waals surface area contributed by atoms with E-state index in [9.17, 15) is 9.59 Å². The summed E-state index contributed by atoms with van der Waals surface area (Å²) in [6.45, 7) is 7.04. The minimum absolute atomic E-state index is 0.106. The number of nitrogens with zero attached hydrogens (tertiary/aromatic N) is 6. The zero-order valence-corrected chi connectivity index (χ0v) is 15.3. The summed E-state index contributed by atoms with van der Waals surface area (Å²) in [6.07, 6.45) is 6.58. The van der Waals surface area contributed by atoms with Crippen LogP contribution in [0.3, 0.4) is 0 Å². The van der Waals surface area contributed by atoms with Gasteiger partial charge in [0, 0.05) is 30.2 Å². The number of carbonyl (C=O) groups is 2. The van der Waals surface area contributed by atoms with Crippen molar-refractivity contribution < 1.29 is 14.7 Å². The first kappa shape index (κ1) is 18.4. The van der Waals surface area contributed by atoms with Gasteiger partial charge in [0.05, 0.1) is 24.6 Å². The summed E-state index contributed by atoms with van der Waals surface area (Å²) in [5.74, 6) is -1.45. The van der Waals surface area contributed by atoms with Crippen LogP contribution in [0.2, 0.25) is 0 Å². The second kappa shape index (κ2) is 7.44. The van der Waals surface area contributed by atoms with Crippen LogP contribution in [0.4, 0.5) is 5.69 Å². The molecule has 0 saturated heterocycles. The van der Waals surface area contributed by atoms with E-state index in [0.29, 0.717) is 12.2 Å². The zero-order chi connectivity index (χ0) is 19.6. The number of nitrogens with one attached hydrogen (secondary N) is 1. The molecule has 2 N–H and O–H groups in total. The number of anilines is 1. The molecule has 0 spiro atoms. The fourth-order valence-electron chi connectivity index (χ4n) is 2.68. The Morgan fingerprint density at radius 1 is 1.30 bits per heavy atom. The Bertz CT molecular complexity index is 969. The number of aromatic carboxylic acids is 1. The number of aryl methyl sites for hydroxylation is 1. The Labute approximate surface area is 155 Å². The molecule has 1 unspecified atom stereocenters. The van der Waals surface area contributed by atoms with Gasteiger partial charge in [0.2, 0.25) is 5.91 Å². The number of carboxylic acid groups (broad SMARTS) is 1. The van der Waals surface area contributed by atoms with Crippen LogP contribution in [0.1, 0.15) is 41.6 Å². The number of carbonyl (C=O) groups excluding carboxylic acids is 1. The second-order valence-electron chi connectivity index (χ2n) is 6.15. The smallest absolute Gasteiger partial charge is 0.356 e. The Morgan fingerprint density at radius 2 is 2.07 bits per heavy atom. The molecule has 0 fully saturated rings. The van der Waals surface area contributed by atoms with Crippen LogP contribution in [-0.2, 0) is 17.9 Å². The molecular formula is C17H21N7O3. The van der Waals surface area contributed by atoms with Crippen LogP contribution in [0.25, 0.3) is 0 Å². The maximum absolute atomic E-state index is 12.4. The number of aromatic nitrogens is 6. The third-order valence-electron chi connectivity index (χ3n) is 4.34. The summed E-state index contributed by atoms with van der Waals surface area (Å²) in [7, 11) is 0. The summed E-state index contributed by atoms with van der Waals surface area (Å²) < 4.78 is 4.95. The first-order chi connectivity index (χ1) is 12.9. The van der Waals surface area contributed by atoms with Crippen molar-refractivity contribution in [2.75, 3.05) is 5.32 Å². The third-order valence-corrected chi connectivity index (χ3v) is 4.34. The van der Waals surface area contributed by atoms with Gasteiger partial charge in [0.15, 0.2) is 5.69 Å². The molecule has 3 aromatic rings. The number of rotatable bonds is 7. The van der Waals surface area contributed by atoms with Gasteiger partial charge in [-0.15, -0.1) is 0 Å². The minimum atomic E-state index is -1.13. The molecule has 3 rings (SSSR count). The first-order valence-corrected chi connectivity index (χ1v) is 8.52. The standard InChI is InChI=1S/C17H21N7O3/c1-4-23-11(2)13(7-19-23)9-22-10-14(8-18-22)20-16(25)12(3)24-6-5-15(21-24)17(26)27/h5-8,10,12H,4,9H2,1-3H3,(H,20,25)(H,26,27). The molecule has 10 nitrogen and oxygen atoms in total. The molecule has 3 heterocycles. The summed E-state index contributed by atoms with van der Waals surface area (Å²) in [5, 5.41) is 24.1. The lowest BCUT2D eigenvalue weighted by Crippen LogP contribution is -2.24. The number of carboxylic acids is 1. The molecule has 3 aromatic heterocycles. The highest BCUT2D eigenvalue weighted by atomic mass is 16.4. The zero-order valence-electron chi connectivity index (χ0n) is 15.3. The summed E-state index contributed by atoms with van der Waals surface area (Å²) >= 11 is 0. The molecule has 0 aliphatic carbocycles. The van der Waals surface area contributed by atoms with Crippen molar-refractivity contribution in [3.63, 3.8) is 0 Å². The summed E-state index contributed by atoms with van der Waals surface area (Å²) in [6, 6.07) is 0.689. The molecule has 1 amide bonds. The number of hydrogen-bond donors (Lipinski definition) is 2. The highest BCUT2D eigenvalue weighted by molar-refractivity contribution is 5.93. The maximum Gasteiger partial charge on any atom is 0.356 e. The molecule has 10 heteroatoms. The van der Waals surface area contributed by atoms with Crippen LogP contribution >= 0.6 is 0 Å². The lowest BCUT2D eigenvalue weighted by molar-refractivity contribution is -0.119. The highest BCUT2D eigenvalue weighted by Gasteiger charge is 2.18. The molecule has 0 bridgehead atoms.